The van der Waals surface area contributed by atoms with Crippen molar-refractivity contribution in [3.05, 3.63) is 82.5 Å². The van der Waals surface area contributed by atoms with Crippen LogP contribution in [0.1, 0.15) is 82.5 Å². The molecule has 4 atom stereocenters. The second-order valence-corrected chi connectivity index (χ2v) is 13.6. The number of rotatable bonds is 7. The first-order valence-corrected chi connectivity index (χ1v) is 17.0. The van der Waals surface area contributed by atoms with Gasteiger partial charge in [-0.1, -0.05) is 18.2 Å². The predicted octanol–water partition coefficient (Wildman–Crippen LogP) is 4.89. The quantitative estimate of drug-likeness (QED) is 0.388. The zero-order valence-electron chi connectivity index (χ0n) is 27.3. The van der Waals surface area contributed by atoms with E-state index in [1.807, 2.05) is 38.1 Å². The Hall–Kier alpha value is -4.11. The lowest BCUT2D eigenvalue weighted by molar-refractivity contribution is 0.0922. The van der Waals surface area contributed by atoms with E-state index < -0.39 is 0 Å². The number of carbonyl (C=O) groups is 2. The number of nitrogens with one attached hydrogen (secondary N) is 2. The van der Waals surface area contributed by atoms with Crippen molar-refractivity contribution in [2.75, 3.05) is 49.6 Å². The summed E-state index contributed by atoms with van der Waals surface area (Å²) in [6, 6.07) is 17.1. The molecule has 2 bridgehead atoms. The summed E-state index contributed by atoms with van der Waals surface area (Å²) >= 11 is 0. The van der Waals surface area contributed by atoms with Crippen LogP contribution in [0.25, 0.3) is 0 Å². The molecule has 242 valence electrons. The highest BCUT2D eigenvalue weighted by atomic mass is 16.5. The van der Waals surface area contributed by atoms with Gasteiger partial charge >= 0.3 is 0 Å². The normalized spacial score (nSPS) is 23.3. The molecule has 7 rings (SSSR count). The van der Waals surface area contributed by atoms with Crippen LogP contribution in [-0.4, -0.2) is 79.7 Å². The van der Waals surface area contributed by atoms with Gasteiger partial charge in [0.25, 0.3) is 11.8 Å². The molecule has 0 radical (unpaired) electrons. The minimum absolute atomic E-state index is 0.0129. The summed E-state index contributed by atoms with van der Waals surface area (Å²) < 4.78 is 5.91. The molecule has 5 heterocycles. The molecule has 1 aromatic heterocycles. The van der Waals surface area contributed by atoms with Crippen molar-refractivity contribution in [3.63, 3.8) is 0 Å². The van der Waals surface area contributed by atoms with Gasteiger partial charge in [0.2, 0.25) is 0 Å². The molecule has 0 saturated carbocycles. The molecular weight excluding hydrogens is 576 g/mol. The molecule has 4 aliphatic rings. The Morgan fingerprint density at radius 1 is 0.935 bits per heavy atom. The summed E-state index contributed by atoms with van der Waals surface area (Å²) in [4.78, 5) is 38.4. The van der Waals surface area contributed by atoms with Gasteiger partial charge in [0.05, 0.1) is 18.2 Å². The molecule has 9 heteroatoms. The summed E-state index contributed by atoms with van der Waals surface area (Å²) in [5.74, 6) is 1.66. The van der Waals surface area contributed by atoms with Crippen molar-refractivity contribution in [3.8, 4) is 5.75 Å². The van der Waals surface area contributed by atoms with E-state index in [4.69, 9.17) is 9.72 Å². The van der Waals surface area contributed by atoms with E-state index in [0.29, 0.717) is 29.8 Å². The van der Waals surface area contributed by atoms with Crippen molar-refractivity contribution in [1.29, 1.82) is 0 Å². The molecule has 4 aliphatic heterocycles. The lowest BCUT2D eigenvalue weighted by Gasteiger charge is -2.40. The number of piperazine rings is 1. The molecule has 2 N–H and O–H groups in total. The lowest BCUT2D eigenvalue weighted by atomic mass is 9.95. The average molecular weight is 623 g/mol. The molecule has 3 aromatic rings. The van der Waals surface area contributed by atoms with E-state index >= 15 is 0 Å². The second-order valence-electron chi connectivity index (χ2n) is 13.6. The second kappa shape index (κ2) is 12.9. The number of amides is 2. The Labute approximate surface area is 272 Å². The van der Waals surface area contributed by atoms with Crippen LogP contribution in [0.5, 0.6) is 5.75 Å². The monoisotopic (exact) mass is 622 g/mol. The van der Waals surface area contributed by atoms with Crippen molar-refractivity contribution in [2.45, 2.75) is 76.5 Å². The Kier molecular flexibility index (Phi) is 8.60. The van der Waals surface area contributed by atoms with E-state index in [1.54, 1.807) is 6.20 Å². The summed E-state index contributed by atoms with van der Waals surface area (Å²) in [6.07, 6.45) is 7.66. The fourth-order valence-corrected chi connectivity index (χ4v) is 7.84. The third-order valence-electron chi connectivity index (χ3n) is 10.5. The Balaban J connectivity index is 0.939. The van der Waals surface area contributed by atoms with E-state index in [-0.39, 0.29) is 23.9 Å². The number of aromatic nitrogens is 1. The molecular formula is C37H46N6O3. The number of nitrogens with zero attached hydrogens (tertiary/aromatic N) is 4. The summed E-state index contributed by atoms with van der Waals surface area (Å²) in [7, 11) is 2.16. The highest BCUT2D eigenvalue weighted by Gasteiger charge is 2.42. The van der Waals surface area contributed by atoms with E-state index in [9.17, 15) is 9.59 Å². The SMILES string of the molecule is Cc1c(C(=O)N[C@H]2C[C@H]3CC[C@@H](C2)N3c2ccc(C(=O)N[C@@H](C)c3ccc(N4CCN(C)CC4)cc3)cn2)ccc2c1OCCC2. The highest BCUT2D eigenvalue weighted by molar-refractivity contribution is 5.97. The number of hydrogen-bond donors (Lipinski definition) is 2. The fourth-order valence-electron chi connectivity index (χ4n) is 7.84. The van der Waals surface area contributed by atoms with Gasteiger partial charge in [-0.15, -0.1) is 0 Å². The number of fused-ring (bicyclic) bond motifs is 3. The lowest BCUT2D eigenvalue weighted by Crippen LogP contribution is -2.50. The van der Waals surface area contributed by atoms with Gasteiger partial charge in [-0.25, -0.2) is 4.98 Å². The fraction of sp³-hybridized carbons (Fsp3) is 0.486. The smallest absolute Gasteiger partial charge is 0.253 e. The maximum absolute atomic E-state index is 13.3. The van der Waals surface area contributed by atoms with Gasteiger partial charge in [0.1, 0.15) is 11.6 Å². The minimum atomic E-state index is -0.123. The van der Waals surface area contributed by atoms with Crippen LogP contribution in [0.4, 0.5) is 11.5 Å². The largest absolute Gasteiger partial charge is 0.493 e. The molecule has 0 spiro atoms. The molecule has 9 nitrogen and oxygen atoms in total. The van der Waals surface area contributed by atoms with E-state index in [0.717, 1.165) is 87.4 Å². The van der Waals surface area contributed by atoms with Gasteiger partial charge in [-0.3, -0.25) is 9.59 Å². The summed E-state index contributed by atoms with van der Waals surface area (Å²) in [6.45, 7) is 8.95. The number of ether oxygens (including phenoxy) is 1. The number of anilines is 2. The first kappa shape index (κ1) is 30.5. The topological polar surface area (TPSA) is 90.0 Å². The molecule has 2 amide bonds. The van der Waals surface area contributed by atoms with Crippen LogP contribution in [0.15, 0.2) is 54.7 Å². The van der Waals surface area contributed by atoms with Crippen LogP contribution in [0, 0.1) is 6.92 Å². The van der Waals surface area contributed by atoms with Crippen LogP contribution < -0.4 is 25.2 Å². The number of aryl methyl sites for hydroxylation is 1. The van der Waals surface area contributed by atoms with Gasteiger partial charge < -0.3 is 30.1 Å². The van der Waals surface area contributed by atoms with Gasteiger partial charge in [-0.05, 0) is 101 Å². The zero-order valence-corrected chi connectivity index (χ0v) is 27.3. The average Bonchev–Trinajstić information content (AvgIpc) is 3.35. The third kappa shape index (κ3) is 6.17. The first-order valence-electron chi connectivity index (χ1n) is 17.0. The van der Waals surface area contributed by atoms with Crippen LogP contribution in [0.3, 0.4) is 0 Å². The van der Waals surface area contributed by atoms with Gasteiger partial charge in [0, 0.05) is 67.3 Å². The van der Waals surface area contributed by atoms with Crippen molar-refractivity contribution >= 4 is 23.3 Å². The highest BCUT2D eigenvalue weighted by Crippen LogP contribution is 2.39. The van der Waals surface area contributed by atoms with Crippen LogP contribution >= 0.6 is 0 Å². The third-order valence-corrected chi connectivity index (χ3v) is 10.5. The molecule has 46 heavy (non-hydrogen) atoms. The maximum atomic E-state index is 13.3. The van der Waals surface area contributed by atoms with Gasteiger partial charge in [-0.2, -0.15) is 0 Å². The predicted molar refractivity (Wildman–Crippen MR) is 181 cm³/mol. The number of carbonyl (C=O) groups excluding carboxylic acids is 2. The Morgan fingerprint density at radius 2 is 1.67 bits per heavy atom. The van der Waals surface area contributed by atoms with E-state index in [1.165, 1.54) is 11.3 Å². The van der Waals surface area contributed by atoms with Crippen LogP contribution in [0.2, 0.25) is 0 Å². The van der Waals surface area contributed by atoms with Crippen LogP contribution in [-0.2, 0) is 6.42 Å². The number of piperidine rings is 1. The first-order chi connectivity index (χ1) is 22.3. The number of benzene rings is 2. The Morgan fingerprint density at radius 3 is 2.37 bits per heavy atom. The summed E-state index contributed by atoms with van der Waals surface area (Å²) in [5.41, 5.74) is 5.72. The van der Waals surface area contributed by atoms with Gasteiger partial charge in [0.15, 0.2) is 0 Å². The number of likely N-dealkylation sites (N-methyl/N-ethyl adjacent to an activating group) is 1. The van der Waals surface area contributed by atoms with Crippen molar-refractivity contribution in [1.82, 2.24) is 20.5 Å². The standard InChI is InChI=1S/C37H46N6O3/c1-24-33(14-8-27-5-4-20-46-35(24)27)37(45)40-29-21-31-12-13-32(22-29)43(31)34-15-9-28(23-38-34)36(44)39-25(2)26-6-10-30(11-7-26)42-18-16-41(3)17-19-42/h6-11,14-15,23,25,29,31-32H,4-5,12-13,16-22H2,1-3H3,(H,39,44)(H,40,45)/t25-,29-,31+,32-/m0/s1. The molecule has 0 aliphatic carbocycles. The maximum Gasteiger partial charge on any atom is 0.253 e. The summed E-state index contributed by atoms with van der Waals surface area (Å²) in [5, 5.41) is 6.48. The molecule has 3 saturated heterocycles. The van der Waals surface area contributed by atoms with Crippen molar-refractivity contribution in [2.24, 2.45) is 0 Å². The van der Waals surface area contributed by atoms with Crippen molar-refractivity contribution < 1.29 is 14.3 Å². The molecule has 0 unspecified atom stereocenters. The number of hydrogen-bond acceptors (Lipinski definition) is 7. The Bertz CT molecular complexity index is 1550. The molecule has 2 aromatic carbocycles. The van der Waals surface area contributed by atoms with E-state index in [2.05, 4.69) is 56.6 Å². The minimum Gasteiger partial charge on any atom is -0.493 e. The molecule has 3 fully saturated rings. The number of pyridine rings is 1. The zero-order chi connectivity index (χ0) is 31.8.